The zero-order valence-electron chi connectivity index (χ0n) is 26.3. The van der Waals surface area contributed by atoms with Gasteiger partial charge in [0.05, 0.1) is 25.9 Å². The van der Waals surface area contributed by atoms with Crippen molar-refractivity contribution in [1.29, 1.82) is 0 Å². The molecule has 1 aromatic heterocycles. The zero-order valence-corrected chi connectivity index (χ0v) is 27.9. The van der Waals surface area contributed by atoms with Gasteiger partial charge in [-0.25, -0.2) is 17.5 Å². The van der Waals surface area contributed by atoms with E-state index >= 15 is 4.79 Å². The number of piperazine rings is 1. The summed E-state index contributed by atoms with van der Waals surface area (Å²) in [4.78, 5) is 34.3. The predicted octanol–water partition coefficient (Wildman–Crippen LogP) is 5.54. The van der Waals surface area contributed by atoms with Crippen molar-refractivity contribution in [1.82, 2.24) is 9.88 Å². The maximum Gasteiger partial charge on any atom is 0.573 e. The number of benzene rings is 3. The third kappa shape index (κ3) is 5.77. The van der Waals surface area contributed by atoms with Crippen molar-refractivity contribution in [2.75, 3.05) is 43.1 Å². The molecule has 262 valence electrons. The summed E-state index contributed by atoms with van der Waals surface area (Å²) in [6, 6.07) is 14.9. The highest BCUT2D eigenvalue weighted by atomic mass is 35.5. The molecular formula is C33H28ClF3N4O8S. The quantitative estimate of drug-likeness (QED) is 0.246. The van der Waals surface area contributed by atoms with E-state index in [2.05, 4.69) is 9.72 Å². The van der Waals surface area contributed by atoms with Crippen LogP contribution < -0.4 is 23.4 Å². The number of hydrogen-bond donors (Lipinski definition) is 1. The largest absolute Gasteiger partial charge is 0.573 e. The number of hydrogen-bond acceptors (Lipinski definition) is 9. The summed E-state index contributed by atoms with van der Waals surface area (Å²) in [5, 5.41) is 10.6. The summed E-state index contributed by atoms with van der Waals surface area (Å²) in [6.45, 7) is -0.0421. The van der Waals surface area contributed by atoms with Gasteiger partial charge in [0.25, 0.3) is 15.9 Å². The Morgan fingerprint density at radius 2 is 1.68 bits per heavy atom. The van der Waals surface area contributed by atoms with Crippen molar-refractivity contribution in [2.24, 2.45) is 0 Å². The van der Waals surface area contributed by atoms with E-state index in [0.29, 0.717) is 9.99 Å². The Balaban J connectivity index is 1.66. The van der Waals surface area contributed by atoms with Crippen LogP contribution in [0.5, 0.6) is 17.2 Å². The summed E-state index contributed by atoms with van der Waals surface area (Å²) in [7, 11) is -2.75. The minimum atomic E-state index is -5.32. The van der Waals surface area contributed by atoms with E-state index in [-0.39, 0.29) is 53.0 Å². The van der Waals surface area contributed by atoms with E-state index in [4.69, 9.17) is 21.1 Å². The second-order valence-electron chi connectivity index (χ2n) is 11.2. The van der Waals surface area contributed by atoms with Crippen LogP contribution in [0.4, 0.5) is 29.3 Å². The first-order chi connectivity index (χ1) is 23.7. The Labute approximate surface area is 289 Å². The van der Waals surface area contributed by atoms with Crippen molar-refractivity contribution in [2.45, 2.75) is 22.7 Å². The number of carbonyl (C=O) groups is 2. The monoisotopic (exact) mass is 732 g/mol. The van der Waals surface area contributed by atoms with Crippen LogP contribution >= 0.6 is 11.6 Å². The lowest BCUT2D eigenvalue weighted by Gasteiger charge is -2.48. The maximum absolute atomic E-state index is 15.4. The zero-order chi connectivity index (χ0) is 36.0. The second kappa shape index (κ2) is 12.9. The highest BCUT2D eigenvalue weighted by Gasteiger charge is 2.64. The minimum absolute atomic E-state index is 0.0114. The Bertz CT molecular complexity index is 2070. The Morgan fingerprint density at radius 3 is 2.34 bits per heavy atom. The molecular weight excluding hydrogens is 705 g/mol. The molecule has 2 atom stereocenters. The number of ether oxygens (including phenoxy) is 3. The van der Waals surface area contributed by atoms with E-state index < -0.39 is 50.5 Å². The van der Waals surface area contributed by atoms with Gasteiger partial charge in [-0.3, -0.25) is 9.78 Å². The standard InChI is InChI=1S/C33H28ClF3N4O8S/c1-47-22-8-10-28(27(18-22)49-33(35,36)37)50(45,46)41-25-9-7-20(34)17-24(25)32(30(41)42,23-5-3-4-6-26(23)48-2)29-19-39(15-16-40(29)31(43)44)21-11-13-38-14-12-21/h3-14,17-18,29H,15-16,19H2,1-2H3,(H,43,44). The van der Waals surface area contributed by atoms with E-state index in [1.807, 2.05) is 4.90 Å². The van der Waals surface area contributed by atoms with E-state index in [0.717, 1.165) is 23.1 Å². The third-order valence-electron chi connectivity index (χ3n) is 8.70. The number of halogens is 4. The van der Waals surface area contributed by atoms with Gasteiger partial charge in [-0.1, -0.05) is 29.8 Å². The van der Waals surface area contributed by atoms with E-state index in [1.165, 1.54) is 44.6 Å². The van der Waals surface area contributed by atoms with Crippen LogP contribution in [-0.2, 0) is 20.2 Å². The molecule has 0 saturated carbocycles. The van der Waals surface area contributed by atoms with E-state index in [1.54, 1.807) is 36.7 Å². The number of alkyl halides is 3. The van der Waals surface area contributed by atoms with Crippen molar-refractivity contribution >= 4 is 45.0 Å². The fourth-order valence-corrected chi connectivity index (χ4v) is 8.40. The molecule has 0 aliphatic carbocycles. The fourth-order valence-electron chi connectivity index (χ4n) is 6.66. The number of carbonyl (C=O) groups excluding carboxylic acids is 1. The minimum Gasteiger partial charge on any atom is -0.497 e. The molecule has 2 unspecified atom stereocenters. The molecule has 3 aromatic carbocycles. The third-order valence-corrected chi connectivity index (χ3v) is 10.7. The van der Waals surface area contributed by atoms with Crippen LogP contribution in [-0.4, -0.2) is 81.7 Å². The van der Waals surface area contributed by atoms with Gasteiger partial charge in [0.15, 0.2) is 5.75 Å². The molecule has 12 nitrogen and oxygen atoms in total. The van der Waals surface area contributed by atoms with Crippen molar-refractivity contribution in [3.63, 3.8) is 0 Å². The summed E-state index contributed by atoms with van der Waals surface area (Å²) < 4.78 is 85.4. The lowest BCUT2D eigenvalue weighted by molar-refractivity contribution is -0.275. The molecule has 4 aromatic rings. The molecule has 1 N–H and O–H groups in total. The Hall–Kier alpha value is -5.22. The first kappa shape index (κ1) is 34.6. The van der Waals surface area contributed by atoms with Gasteiger partial charge < -0.3 is 29.1 Å². The van der Waals surface area contributed by atoms with Gasteiger partial charge in [0, 0.05) is 59.9 Å². The number of aromatic nitrogens is 1. The highest BCUT2D eigenvalue weighted by molar-refractivity contribution is 7.93. The number of para-hydroxylation sites is 1. The molecule has 50 heavy (non-hydrogen) atoms. The molecule has 3 heterocycles. The Morgan fingerprint density at radius 1 is 0.960 bits per heavy atom. The smallest absolute Gasteiger partial charge is 0.497 e. The van der Waals surface area contributed by atoms with Gasteiger partial charge in [-0.05, 0) is 48.5 Å². The van der Waals surface area contributed by atoms with Crippen LogP contribution in [0.3, 0.4) is 0 Å². The number of anilines is 2. The average molecular weight is 733 g/mol. The fraction of sp³-hybridized carbons (Fsp3) is 0.242. The maximum atomic E-state index is 15.4. The SMILES string of the molecule is COc1ccc(S(=O)(=O)N2C(=O)C(c3ccccc3OC)(C3CN(c4ccncc4)CCN3C(=O)O)c3cc(Cl)ccc32)c(OC(F)(F)F)c1. The molecule has 1 saturated heterocycles. The number of sulfonamides is 1. The van der Waals surface area contributed by atoms with Gasteiger partial charge in [-0.15, -0.1) is 13.2 Å². The normalized spacial score (nSPS) is 19.3. The van der Waals surface area contributed by atoms with Crippen LogP contribution in [0.25, 0.3) is 0 Å². The molecule has 6 rings (SSSR count). The number of nitrogens with zero attached hydrogens (tertiary/aromatic N) is 4. The molecule has 2 aliphatic rings. The van der Waals surface area contributed by atoms with Gasteiger partial charge in [-0.2, -0.15) is 0 Å². The summed E-state index contributed by atoms with van der Waals surface area (Å²) in [5.74, 6) is -2.37. The molecule has 0 spiro atoms. The van der Waals surface area contributed by atoms with Crippen LogP contribution in [0.2, 0.25) is 5.02 Å². The first-order valence-electron chi connectivity index (χ1n) is 14.9. The van der Waals surface area contributed by atoms with Crippen LogP contribution in [0, 0.1) is 0 Å². The average Bonchev–Trinajstić information content (AvgIpc) is 3.35. The number of amides is 2. The van der Waals surface area contributed by atoms with Crippen molar-refractivity contribution < 1.29 is 50.5 Å². The van der Waals surface area contributed by atoms with Gasteiger partial charge in [0.1, 0.15) is 21.8 Å². The molecule has 0 radical (unpaired) electrons. The molecule has 2 aliphatic heterocycles. The molecule has 17 heteroatoms. The molecule has 1 fully saturated rings. The topological polar surface area (TPSA) is 139 Å². The van der Waals surface area contributed by atoms with Gasteiger partial charge >= 0.3 is 12.5 Å². The number of carboxylic acid groups (broad SMARTS) is 1. The van der Waals surface area contributed by atoms with Gasteiger partial charge in [0.2, 0.25) is 0 Å². The summed E-state index contributed by atoms with van der Waals surface area (Å²) >= 11 is 6.52. The van der Waals surface area contributed by atoms with Crippen molar-refractivity contribution in [3.05, 3.63) is 101 Å². The second-order valence-corrected chi connectivity index (χ2v) is 13.4. The molecule has 2 amide bonds. The summed E-state index contributed by atoms with van der Waals surface area (Å²) in [5.41, 5.74) is -1.70. The lowest BCUT2D eigenvalue weighted by Crippen LogP contribution is -2.66. The number of rotatable bonds is 8. The predicted molar refractivity (Wildman–Crippen MR) is 175 cm³/mol. The Kier molecular flexibility index (Phi) is 8.94. The van der Waals surface area contributed by atoms with Crippen molar-refractivity contribution in [3.8, 4) is 17.2 Å². The number of methoxy groups -OCH3 is 2. The molecule has 0 bridgehead atoms. The number of pyridine rings is 1. The van der Waals surface area contributed by atoms with E-state index in [9.17, 15) is 31.5 Å². The van der Waals surface area contributed by atoms with Crippen LogP contribution in [0.1, 0.15) is 11.1 Å². The van der Waals surface area contributed by atoms with Crippen LogP contribution in [0.15, 0.2) is 90.1 Å². The highest BCUT2D eigenvalue weighted by Crippen LogP contribution is 2.55. The summed E-state index contributed by atoms with van der Waals surface area (Å²) in [6.07, 6.45) is -3.63. The first-order valence-corrected chi connectivity index (χ1v) is 16.7. The number of fused-ring (bicyclic) bond motifs is 1. The lowest BCUT2D eigenvalue weighted by atomic mass is 9.68.